The number of carbonyl (C=O) groups is 3. The number of carboxylic acid groups (broad SMARTS) is 1. The number of pyridine rings is 1. The molecule has 2 saturated heterocycles. The van der Waals surface area contributed by atoms with Gasteiger partial charge in [-0.2, -0.15) is 11.8 Å². The summed E-state index contributed by atoms with van der Waals surface area (Å²) in [5.41, 5.74) is 6.31. The summed E-state index contributed by atoms with van der Waals surface area (Å²) < 4.78 is 0.147. The van der Waals surface area contributed by atoms with E-state index in [9.17, 15) is 19.5 Å². The molecule has 0 radical (unpaired) electrons. The minimum absolute atomic E-state index is 0.0372. The molecule has 0 spiro atoms. The van der Waals surface area contributed by atoms with Gasteiger partial charge in [-0.1, -0.05) is 39.9 Å². The Kier molecular flexibility index (Phi) is 8.85. The summed E-state index contributed by atoms with van der Waals surface area (Å²) in [4.78, 5) is 54.7. The summed E-state index contributed by atoms with van der Waals surface area (Å²) in [5.74, 6) is -1.74. The number of carboxylic acids is 1. The second kappa shape index (κ2) is 12.3. The van der Waals surface area contributed by atoms with Gasteiger partial charge in [0, 0.05) is 33.5 Å². The lowest BCUT2D eigenvalue weighted by Gasteiger charge is -2.50. The lowest BCUT2D eigenvalue weighted by molar-refractivity contribution is -0.155. The lowest BCUT2D eigenvalue weighted by Crippen LogP contribution is -2.72. The van der Waals surface area contributed by atoms with Crippen LogP contribution in [0.4, 0.5) is 5.13 Å². The SMILES string of the molecule is CON=C(C(=O)NC1C(=O)N2C(C(=O)O)=C(Sc3cccnc3CSC3CCNC3)CCC12)c1nc(N)sc1Cl. The van der Waals surface area contributed by atoms with E-state index in [0.717, 1.165) is 41.4 Å². The van der Waals surface area contributed by atoms with E-state index in [1.165, 1.54) is 23.8 Å². The monoisotopic (exact) mass is 623 g/mol. The Morgan fingerprint density at radius 2 is 2.25 bits per heavy atom. The second-order valence-corrected chi connectivity index (χ2v) is 13.2. The number of carbonyl (C=O) groups excluding carboxylic acids is 2. The van der Waals surface area contributed by atoms with Gasteiger partial charge in [0.25, 0.3) is 11.8 Å². The van der Waals surface area contributed by atoms with E-state index in [-0.39, 0.29) is 26.6 Å². The molecule has 2 aromatic rings. The molecule has 212 valence electrons. The van der Waals surface area contributed by atoms with Crippen LogP contribution in [0, 0.1) is 0 Å². The van der Waals surface area contributed by atoms with Crippen LogP contribution in [0.2, 0.25) is 4.34 Å². The lowest BCUT2D eigenvalue weighted by atomic mass is 9.86. The Hall–Kier alpha value is -2.85. The number of halogens is 1. The first-order valence-corrected chi connectivity index (χ1v) is 15.4. The van der Waals surface area contributed by atoms with Crippen LogP contribution in [-0.4, -0.2) is 81.0 Å². The number of nitrogens with zero attached hydrogens (tertiary/aromatic N) is 4. The molecule has 40 heavy (non-hydrogen) atoms. The minimum Gasteiger partial charge on any atom is -0.477 e. The number of nitrogen functional groups attached to an aromatic ring is 1. The molecule has 12 nitrogen and oxygen atoms in total. The van der Waals surface area contributed by atoms with Gasteiger partial charge in [0.05, 0.1) is 11.7 Å². The number of oxime groups is 1. The Balaban J connectivity index is 1.32. The summed E-state index contributed by atoms with van der Waals surface area (Å²) in [6.07, 6.45) is 3.73. The van der Waals surface area contributed by atoms with Crippen LogP contribution in [0.15, 0.2) is 39.0 Å². The summed E-state index contributed by atoms with van der Waals surface area (Å²) in [6.45, 7) is 1.98. The van der Waals surface area contributed by atoms with Crippen LogP contribution in [-0.2, 0) is 25.0 Å². The Bertz CT molecular complexity index is 1390. The number of fused-ring (bicyclic) bond motifs is 1. The highest BCUT2D eigenvalue weighted by Gasteiger charge is 2.54. The van der Waals surface area contributed by atoms with Gasteiger partial charge in [-0.05, 0) is 37.9 Å². The molecule has 3 aliphatic rings. The maximum absolute atomic E-state index is 13.2. The molecule has 2 fully saturated rings. The molecular formula is C24H26ClN7O5S3. The topological polar surface area (TPSA) is 172 Å². The van der Waals surface area contributed by atoms with Crippen molar-refractivity contribution in [3.63, 3.8) is 0 Å². The van der Waals surface area contributed by atoms with Crippen molar-refractivity contribution in [3.8, 4) is 0 Å². The highest BCUT2D eigenvalue weighted by atomic mass is 35.5. The Labute approximate surface area is 247 Å². The highest BCUT2D eigenvalue weighted by molar-refractivity contribution is 8.03. The van der Waals surface area contributed by atoms with Crippen LogP contribution in [0.5, 0.6) is 0 Å². The van der Waals surface area contributed by atoms with Gasteiger partial charge < -0.3 is 26.3 Å². The summed E-state index contributed by atoms with van der Waals surface area (Å²) in [7, 11) is 1.26. The molecular weight excluding hydrogens is 598 g/mol. The van der Waals surface area contributed by atoms with Crippen molar-refractivity contribution in [1.82, 2.24) is 25.5 Å². The fourth-order valence-electron chi connectivity index (χ4n) is 4.81. The number of aromatic nitrogens is 2. The fraction of sp³-hybridized carbons (Fsp3) is 0.417. The number of allylic oxidation sites excluding steroid dienone is 1. The average molecular weight is 624 g/mol. The fourth-order valence-corrected chi connectivity index (χ4v) is 8.13. The molecule has 5 heterocycles. The van der Waals surface area contributed by atoms with Crippen LogP contribution >= 0.6 is 46.5 Å². The molecule has 3 atom stereocenters. The quantitative estimate of drug-likeness (QED) is 0.174. The molecule has 16 heteroatoms. The van der Waals surface area contributed by atoms with Crippen molar-refractivity contribution in [2.45, 2.75) is 47.2 Å². The third-order valence-electron chi connectivity index (χ3n) is 6.66. The zero-order chi connectivity index (χ0) is 28.4. The first-order valence-electron chi connectivity index (χ1n) is 12.4. The zero-order valence-electron chi connectivity index (χ0n) is 21.3. The van der Waals surface area contributed by atoms with Crippen LogP contribution < -0.4 is 16.4 Å². The normalized spacial score (nSPS) is 22.6. The smallest absolute Gasteiger partial charge is 0.353 e. The van der Waals surface area contributed by atoms with Crippen molar-refractivity contribution in [3.05, 3.63) is 44.7 Å². The van der Waals surface area contributed by atoms with E-state index in [1.54, 1.807) is 6.20 Å². The molecule has 2 amide bonds. The molecule has 0 aromatic carbocycles. The predicted octanol–water partition coefficient (Wildman–Crippen LogP) is 2.30. The third kappa shape index (κ3) is 5.79. The number of thioether (sulfide) groups is 2. The first kappa shape index (κ1) is 28.7. The number of nitrogens with two attached hydrogens (primary N) is 1. The van der Waals surface area contributed by atoms with Gasteiger partial charge in [0.2, 0.25) is 0 Å². The Morgan fingerprint density at radius 3 is 2.92 bits per heavy atom. The van der Waals surface area contributed by atoms with Crippen molar-refractivity contribution in [2.24, 2.45) is 5.16 Å². The molecule has 0 saturated carbocycles. The molecule has 2 aromatic heterocycles. The third-order valence-corrected chi connectivity index (χ3v) is 10.3. The predicted molar refractivity (Wildman–Crippen MR) is 154 cm³/mol. The molecule has 0 bridgehead atoms. The van der Waals surface area contributed by atoms with E-state index in [2.05, 4.69) is 25.8 Å². The second-order valence-electron chi connectivity index (χ2n) is 9.12. The van der Waals surface area contributed by atoms with E-state index < -0.39 is 29.9 Å². The molecule has 3 aliphatic heterocycles. The first-order chi connectivity index (χ1) is 19.3. The molecule has 5 rings (SSSR count). The van der Waals surface area contributed by atoms with Crippen molar-refractivity contribution in [1.29, 1.82) is 0 Å². The molecule has 0 aliphatic carbocycles. The van der Waals surface area contributed by atoms with Crippen molar-refractivity contribution < 1.29 is 24.3 Å². The van der Waals surface area contributed by atoms with Crippen LogP contribution in [0.1, 0.15) is 30.7 Å². The van der Waals surface area contributed by atoms with Gasteiger partial charge in [0.15, 0.2) is 10.8 Å². The van der Waals surface area contributed by atoms with E-state index in [0.29, 0.717) is 28.7 Å². The molecule has 5 N–H and O–H groups in total. The largest absolute Gasteiger partial charge is 0.477 e. The zero-order valence-corrected chi connectivity index (χ0v) is 24.5. The average Bonchev–Trinajstić information content (AvgIpc) is 3.58. The molecule has 3 unspecified atom stereocenters. The van der Waals surface area contributed by atoms with E-state index in [4.69, 9.17) is 22.2 Å². The Morgan fingerprint density at radius 1 is 1.43 bits per heavy atom. The van der Waals surface area contributed by atoms with Crippen molar-refractivity contribution in [2.75, 3.05) is 25.9 Å². The van der Waals surface area contributed by atoms with Crippen molar-refractivity contribution >= 4 is 75.1 Å². The number of hydrogen-bond donors (Lipinski definition) is 4. The van der Waals surface area contributed by atoms with Crippen LogP contribution in [0.25, 0.3) is 0 Å². The standard InChI is InChI=1S/C24H26ClN7O5S3/c1-37-31-18(17-20(25)40-24(26)30-17)21(33)29-16-13-4-5-15(19(23(35)36)32(13)22(16)34)39-14-3-2-7-28-12(14)10-38-11-6-8-27-9-11/h2-3,7,11,13,16,27H,4-6,8-10H2,1H3,(H2,26,30)(H,29,33)(H,35,36). The summed E-state index contributed by atoms with van der Waals surface area (Å²) >= 11 is 10.3. The number of anilines is 1. The highest BCUT2D eigenvalue weighted by Crippen LogP contribution is 2.44. The van der Waals surface area contributed by atoms with Gasteiger partial charge in [-0.15, -0.1) is 0 Å². The van der Waals surface area contributed by atoms with Gasteiger partial charge in [-0.3, -0.25) is 19.5 Å². The summed E-state index contributed by atoms with van der Waals surface area (Å²) in [5, 5.41) is 20.5. The number of β-lactam (4-membered cyclic amide) rings is 1. The van der Waals surface area contributed by atoms with Gasteiger partial charge in [0.1, 0.15) is 28.9 Å². The van der Waals surface area contributed by atoms with Gasteiger partial charge in [-0.25, -0.2) is 9.78 Å². The number of rotatable bonds is 10. The maximum atomic E-state index is 13.2. The minimum atomic E-state index is -1.20. The number of hydrogen-bond acceptors (Lipinski definition) is 12. The van der Waals surface area contributed by atoms with Crippen LogP contribution in [0.3, 0.4) is 0 Å². The van der Waals surface area contributed by atoms with Gasteiger partial charge >= 0.3 is 5.97 Å². The maximum Gasteiger partial charge on any atom is 0.353 e. The van der Waals surface area contributed by atoms with E-state index in [1.807, 2.05) is 23.9 Å². The number of nitrogens with one attached hydrogen (secondary N) is 2. The summed E-state index contributed by atoms with van der Waals surface area (Å²) in [6, 6.07) is 2.29. The van der Waals surface area contributed by atoms with E-state index >= 15 is 0 Å². The number of aliphatic carboxylic acids is 1. The number of thiazole rings is 1. The number of amides is 2.